The molecular formula is C102H111F5N22O14. The van der Waals surface area contributed by atoms with Crippen molar-refractivity contribution in [3.8, 4) is 69.6 Å². The molecule has 4 amide bonds. The molecule has 10 atom stereocenters. The number of likely N-dealkylation sites (tertiary alicyclic amines) is 4. The van der Waals surface area contributed by atoms with Crippen molar-refractivity contribution in [2.24, 2.45) is 5.92 Å². The van der Waals surface area contributed by atoms with Gasteiger partial charge < -0.3 is 94.0 Å². The van der Waals surface area contributed by atoms with Crippen LogP contribution in [0.25, 0.3) is 34.2 Å². The summed E-state index contributed by atoms with van der Waals surface area (Å²) in [5.74, 6) is 0.178. The highest BCUT2D eigenvalue weighted by Crippen LogP contribution is 2.38. The molecule has 36 nitrogen and oxygen atoms in total. The quantitative estimate of drug-likeness (QED) is 0.0292. The summed E-state index contributed by atoms with van der Waals surface area (Å²) in [5, 5.41) is 67.5. The topological polar surface area (TPSA) is 419 Å². The van der Waals surface area contributed by atoms with E-state index < -0.39 is 73.5 Å². The summed E-state index contributed by atoms with van der Waals surface area (Å²) in [5.41, 5.74) is 6.50. The van der Waals surface area contributed by atoms with Gasteiger partial charge in [-0.15, -0.1) is 0 Å². The van der Waals surface area contributed by atoms with Crippen LogP contribution in [-0.4, -0.2) is 353 Å². The molecule has 748 valence electrons. The zero-order valence-electron chi connectivity index (χ0n) is 78.8. The molecule has 11 aliphatic rings. The number of nitriles is 3. The maximum absolute atomic E-state index is 15.3. The van der Waals surface area contributed by atoms with Crippen molar-refractivity contribution in [2.75, 3.05) is 202 Å². The second-order valence-electron chi connectivity index (χ2n) is 37.3. The number of Topliss-reactive ketones (excluding diaryl/α,β-unsaturated/α-hetero) is 1. The number of piperazine rings is 3. The van der Waals surface area contributed by atoms with Crippen LogP contribution in [0.15, 0.2) is 152 Å². The van der Waals surface area contributed by atoms with Crippen LogP contribution in [0.5, 0.6) is 17.2 Å². The molecule has 11 fully saturated rings. The van der Waals surface area contributed by atoms with E-state index >= 15 is 17.6 Å². The Morgan fingerprint density at radius 3 is 1.20 bits per heavy atom. The van der Waals surface area contributed by atoms with E-state index in [2.05, 4.69) is 106 Å². The van der Waals surface area contributed by atoms with Crippen LogP contribution < -0.4 is 44.9 Å². The fourth-order valence-electron chi connectivity index (χ4n) is 19.5. The lowest BCUT2D eigenvalue weighted by Crippen LogP contribution is -2.56. The number of carbonyl (C=O) groups is 5. The predicted octanol–water partition coefficient (Wildman–Crippen LogP) is 8.38. The van der Waals surface area contributed by atoms with Gasteiger partial charge in [0.15, 0.2) is 47.9 Å². The van der Waals surface area contributed by atoms with Gasteiger partial charge >= 0.3 is 0 Å². The number of nitrogens with zero attached hydrogens (tertiary/aromatic N) is 19. The number of nitrogens with one attached hydrogen (secondary N) is 3. The number of aliphatic hydroxyl groups is 3. The Hall–Kier alpha value is -13.9. The van der Waals surface area contributed by atoms with Gasteiger partial charge in [0.05, 0.1) is 112 Å². The number of alkyl halides is 3. The molecule has 13 heterocycles. The SMILES string of the molecule is CN1C(=O)CC[C@H]1C(=O)N1CC[C@H](Oc2ccc(-c3nccc(Nc4ccc(N5CCN(C6COC6)CC5)c(F)c4)n3)cc2C#N)[C@H](F)C1.N#Cc1cc(-c2nccc(Nc3ccc(N4CCN(C5COC5)CC4)c(F)c3)n2)ccc1O[C@H]1CCN(C(=O)[C@@H](O)CO)C[C@H]1F.N#Cc1cc(-c2nccc(Nc3ccc(N4CCN(C5COC5)CC4)cc3)n2)ccc1O[C@H]1CCN(C(=O)[C@H]2CC(=O)[C@@H](O)C2)C[C@H]1F. The first-order valence-electron chi connectivity index (χ1n) is 48.3. The summed E-state index contributed by atoms with van der Waals surface area (Å²) in [6.45, 7) is 14.6. The maximum Gasteiger partial charge on any atom is 0.253 e. The zero-order chi connectivity index (χ0) is 99.5. The van der Waals surface area contributed by atoms with Gasteiger partial charge in [-0.1, -0.05) is 0 Å². The normalized spacial score (nSPS) is 23.2. The molecule has 0 bridgehead atoms. The fraction of sp³-hybridized carbons (Fsp3) is 0.451. The second-order valence-corrected chi connectivity index (χ2v) is 37.3. The number of benzene rings is 6. The Kier molecular flexibility index (Phi) is 31.3. The van der Waals surface area contributed by atoms with Crippen LogP contribution in [-0.2, 0) is 38.2 Å². The number of aromatic nitrogens is 6. The summed E-state index contributed by atoms with van der Waals surface area (Å²) in [7, 11) is 1.60. The van der Waals surface area contributed by atoms with Crippen LogP contribution >= 0.6 is 0 Å². The van der Waals surface area contributed by atoms with Gasteiger partial charge in [-0.25, -0.2) is 51.9 Å². The summed E-state index contributed by atoms with van der Waals surface area (Å²) in [6, 6.07) is 45.3. The smallest absolute Gasteiger partial charge is 0.253 e. The van der Waals surface area contributed by atoms with Gasteiger partial charge in [0, 0.05) is 201 Å². The monoisotopic (exact) mass is 1960 g/mol. The maximum atomic E-state index is 15.3. The molecule has 6 N–H and O–H groups in total. The molecule has 9 aromatic rings. The van der Waals surface area contributed by atoms with Gasteiger partial charge in [-0.05, 0) is 146 Å². The van der Waals surface area contributed by atoms with Crippen molar-refractivity contribution in [2.45, 2.75) is 118 Å². The first-order chi connectivity index (χ1) is 69.4. The van der Waals surface area contributed by atoms with Crippen LogP contribution in [0.1, 0.15) is 61.6 Å². The molecule has 10 saturated heterocycles. The third kappa shape index (κ3) is 23.4. The fourth-order valence-corrected chi connectivity index (χ4v) is 19.5. The van der Waals surface area contributed by atoms with Crippen molar-refractivity contribution >= 4 is 81.0 Å². The summed E-state index contributed by atoms with van der Waals surface area (Å²) in [4.78, 5) is 107. The van der Waals surface area contributed by atoms with E-state index in [-0.39, 0.29) is 140 Å². The first-order valence-corrected chi connectivity index (χ1v) is 48.3. The summed E-state index contributed by atoms with van der Waals surface area (Å²) >= 11 is 0. The zero-order valence-corrected chi connectivity index (χ0v) is 78.8. The Labute approximate surface area is 822 Å². The van der Waals surface area contributed by atoms with Gasteiger partial charge in [0.2, 0.25) is 17.7 Å². The number of likely N-dealkylation sites (N-methyl/N-ethyl adjacent to an activating group) is 1. The number of halogens is 5. The van der Waals surface area contributed by atoms with E-state index in [0.717, 1.165) is 129 Å². The number of hydrogen-bond acceptors (Lipinski definition) is 32. The molecular weight excluding hydrogens is 1850 g/mol. The average molecular weight is 1960 g/mol. The number of hydrogen-bond donors (Lipinski definition) is 6. The number of ether oxygens (including phenoxy) is 6. The Bertz CT molecular complexity index is 6210. The van der Waals surface area contributed by atoms with Crippen LogP contribution in [0.2, 0.25) is 0 Å². The molecule has 6 aromatic carbocycles. The molecule has 0 radical (unpaired) electrons. The van der Waals surface area contributed by atoms with E-state index in [1.165, 1.54) is 32.5 Å². The second kappa shape index (κ2) is 45.1. The Morgan fingerprint density at radius 2 is 0.853 bits per heavy atom. The average Bonchev–Trinajstić information content (AvgIpc) is 1.70. The first kappa shape index (κ1) is 99.2. The van der Waals surface area contributed by atoms with Gasteiger partial charge in [-0.2, -0.15) is 15.8 Å². The third-order valence-corrected chi connectivity index (χ3v) is 28.1. The number of amides is 4. The minimum absolute atomic E-state index is 0.0173. The Morgan fingerprint density at radius 1 is 0.476 bits per heavy atom. The molecule has 1 saturated carbocycles. The van der Waals surface area contributed by atoms with E-state index in [4.69, 9.17) is 33.5 Å². The van der Waals surface area contributed by atoms with Gasteiger partial charge in [-0.3, -0.25) is 38.7 Å². The van der Waals surface area contributed by atoms with Crippen molar-refractivity contribution in [1.82, 2.24) is 64.2 Å². The standard InChI is InChI=1S/C35H38F2N8O4.C35H38FN7O5.C32H35F2N7O5/c1-42-29(5-7-33(42)46)35(47)45-11-9-31(27(37)19-45)49-30-6-2-22(16-23(30)18-38)34-39-10-8-32(41-34)40-24-3-4-28(26(36)17-24)44-14-12-43(13-15-44)25-20-48-21-25;36-28-19-43(35(46)23-16-29(44)30(45)17-23)10-8-32(28)48-31-6-1-22(15-24(31)18-37)34-38-9-7-33(40-34)39-25-2-4-26(5-3-25)41-11-13-42(14-12-41)27-20-47-21-27;33-24-14-22(2-3-26(24)40-11-9-39(10-12-40)23-18-45-19-23)37-30-5-7-36-31(38-30)20-1-4-28(21(13-20)15-35)46-29-6-8-41(16-25(29)34)32(44)27(43)17-42/h2-4,6,8,10,16-17,25,27,29,31H,5,7,9,11-15,19-21H2,1H3,(H,39,40,41);1-7,9,15,23,27-29,32,44H,8,10-14,16-17,19-21H2,(H,38,39,40);1-5,7,13-14,23,25,27,29,42-43H,6,8-12,16-19H2,(H,36,37,38)/t27-,29+,31+;23-,28-,29+,32+;25-,27+,29+/m111/s1. The van der Waals surface area contributed by atoms with Crippen LogP contribution in [0.4, 0.5) is 73.5 Å². The van der Waals surface area contributed by atoms with Crippen molar-refractivity contribution in [1.29, 1.82) is 15.8 Å². The molecule has 143 heavy (non-hydrogen) atoms. The van der Waals surface area contributed by atoms with E-state index in [0.29, 0.717) is 105 Å². The largest absolute Gasteiger partial charge is 0.486 e. The summed E-state index contributed by atoms with van der Waals surface area (Å²) < 4.78 is 109. The summed E-state index contributed by atoms with van der Waals surface area (Å²) in [6.07, 6.45) is -3.62. The van der Waals surface area contributed by atoms with Gasteiger partial charge in [0.1, 0.15) is 95.0 Å². The van der Waals surface area contributed by atoms with E-state index in [1.807, 2.05) is 18.2 Å². The Balaban J connectivity index is 0.000000141. The number of anilines is 9. The number of rotatable bonds is 25. The lowest BCUT2D eigenvalue weighted by atomic mass is 10.0. The molecule has 10 aliphatic heterocycles. The highest BCUT2D eigenvalue weighted by molar-refractivity contribution is 5.93. The minimum atomic E-state index is -1.59. The van der Waals surface area contributed by atoms with Crippen molar-refractivity contribution < 1.29 is 89.7 Å². The van der Waals surface area contributed by atoms with Crippen molar-refractivity contribution in [3.63, 3.8) is 0 Å². The number of piperidine rings is 3. The number of aliphatic hydroxyl groups excluding tert-OH is 3. The lowest BCUT2D eigenvalue weighted by molar-refractivity contribution is -0.146. The van der Waals surface area contributed by atoms with Crippen molar-refractivity contribution in [3.05, 3.63) is 180 Å². The molecule has 0 unspecified atom stereocenters. The molecule has 20 rings (SSSR count). The minimum Gasteiger partial charge on any atom is -0.486 e. The predicted molar refractivity (Wildman–Crippen MR) is 515 cm³/mol. The molecule has 3 aromatic heterocycles. The van der Waals surface area contributed by atoms with Crippen LogP contribution in [0.3, 0.4) is 0 Å². The highest BCUT2D eigenvalue weighted by Gasteiger charge is 2.45. The van der Waals surface area contributed by atoms with E-state index in [9.17, 15) is 54.4 Å². The lowest BCUT2D eigenvalue weighted by Gasteiger charge is -2.43. The number of ketones is 1. The third-order valence-electron chi connectivity index (χ3n) is 28.1. The van der Waals surface area contributed by atoms with Crippen LogP contribution in [0, 0.1) is 51.5 Å². The van der Waals surface area contributed by atoms with Gasteiger partial charge in [0.25, 0.3) is 5.91 Å². The molecule has 0 spiro atoms. The molecule has 41 heteroatoms. The molecule has 1 aliphatic carbocycles. The highest BCUT2D eigenvalue weighted by atomic mass is 19.1. The number of carbonyl (C=O) groups excluding carboxylic acids is 5. The van der Waals surface area contributed by atoms with E-state index in [1.54, 1.807) is 117 Å².